The van der Waals surface area contributed by atoms with Crippen LogP contribution in [0.4, 0.5) is 0 Å². The van der Waals surface area contributed by atoms with Crippen LogP contribution in [0, 0.1) is 0 Å². The molecule has 0 fully saturated rings. The minimum absolute atomic E-state index is 0.138. The lowest BCUT2D eigenvalue weighted by Gasteiger charge is -2.19. The molecule has 0 aliphatic carbocycles. The van der Waals surface area contributed by atoms with E-state index in [-0.39, 0.29) is 5.91 Å². The molecule has 5 nitrogen and oxygen atoms in total. The van der Waals surface area contributed by atoms with Crippen LogP contribution in [0.5, 0.6) is 0 Å². The molecule has 6 heteroatoms. The molecule has 1 amide bonds. The molecule has 1 unspecified atom stereocenters. The van der Waals surface area contributed by atoms with Crippen molar-refractivity contribution in [2.75, 3.05) is 24.6 Å². The van der Waals surface area contributed by atoms with Crippen molar-refractivity contribution in [3.63, 3.8) is 0 Å². The Kier molecular flexibility index (Phi) is 8.02. The highest BCUT2D eigenvalue weighted by atomic mass is 32.2. The predicted octanol–water partition coefficient (Wildman–Crippen LogP) is 1.17. The van der Waals surface area contributed by atoms with Crippen LogP contribution in [0.1, 0.15) is 33.6 Å². The lowest BCUT2D eigenvalue weighted by Crippen LogP contribution is -2.44. The Bertz CT molecular complexity index is 278. The summed E-state index contributed by atoms with van der Waals surface area (Å²) in [6, 6.07) is 0. The first kappa shape index (κ1) is 17.2. The van der Waals surface area contributed by atoms with Gasteiger partial charge in [0.2, 0.25) is 5.91 Å². The molecule has 0 spiro atoms. The lowest BCUT2D eigenvalue weighted by atomic mass is 9.98. The minimum Gasteiger partial charge on any atom is -0.480 e. The molecule has 0 heterocycles. The number of carboxylic acids is 1. The summed E-state index contributed by atoms with van der Waals surface area (Å²) < 4.78 is 0. The molecule has 18 heavy (non-hydrogen) atoms. The highest BCUT2D eigenvalue weighted by Crippen LogP contribution is 2.13. The molecule has 0 aromatic carbocycles. The summed E-state index contributed by atoms with van der Waals surface area (Å²) in [5.74, 6) is 0.369. The van der Waals surface area contributed by atoms with Gasteiger partial charge in [0.25, 0.3) is 0 Å². The van der Waals surface area contributed by atoms with Crippen LogP contribution >= 0.6 is 11.8 Å². The highest BCUT2D eigenvalue weighted by molar-refractivity contribution is 7.99. The van der Waals surface area contributed by atoms with Gasteiger partial charge >= 0.3 is 5.97 Å². The Balaban J connectivity index is 3.75. The fourth-order valence-electron chi connectivity index (χ4n) is 1.48. The second-order valence-corrected chi connectivity index (χ2v) is 5.55. The molecule has 0 aliphatic rings. The van der Waals surface area contributed by atoms with E-state index in [9.17, 15) is 9.59 Å². The maximum atomic E-state index is 11.7. The third-order valence-corrected chi connectivity index (χ3v) is 3.84. The summed E-state index contributed by atoms with van der Waals surface area (Å²) in [6.07, 6.45) is 1.13. The fourth-order valence-corrected chi connectivity index (χ4v) is 2.33. The summed E-state index contributed by atoms with van der Waals surface area (Å²) >= 11 is 1.53. The summed E-state index contributed by atoms with van der Waals surface area (Å²) in [5.41, 5.74) is 4.45. The highest BCUT2D eigenvalue weighted by Gasteiger charge is 2.26. The number of nitrogens with zero attached hydrogens (tertiary/aromatic N) is 1. The number of amides is 1. The molecule has 0 rings (SSSR count). The van der Waals surface area contributed by atoms with Crippen LogP contribution in [-0.4, -0.2) is 52.0 Å². The molecule has 1 atom stereocenters. The summed E-state index contributed by atoms with van der Waals surface area (Å²) in [4.78, 5) is 24.2. The first-order chi connectivity index (χ1) is 8.35. The fraction of sp³-hybridized carbons (Fsp3) is 0.833. The Labute approximate surface area is 113 Å². The van der Waals surface area contributed by atoms with E-state index in [0.717, 1.165) is 18.8 Å². The van der Waals surface area contributed by atoms with E-state index in [1.54, 1.807) is 4.90 Å². The zero-order valence-electron chi connectivity index (χ0n) is 11.4. The van der Waals surface area contributed by atoms with E-state index in [1.807, 2.05) is 13.8 Å². The molecule has 106 valence electrons. The van der Waals surface area contributed by atoms with Crippen molar-refractivity contribution < 1.29 is 14.7 Å². The quantitative estimate of drug-likeness (QED) is 0.618. The first-order valence-electron chi connectivity index (χ1n) is 6.23. The van der Waals surface area contributed by atoms with Gasteiger partial charge in [-0.3, -0.25) is 9.59 Å². The Hall–Kier alpha value is -0.750. The van der Waals surface area contributed by atoms with E-state index in [0.29, 0.717) is 18.6 Å². The van der Waals surface area contributed by atoms with Gasteiger partial charge in [-0.2, -0.15) is 11.8 Å². The first-order valence-corrected chi connectivity index (χ1v) is 7.38. The number of thioether (sulfide) groups is 1. The Morgan fingerprint density at radius 3 is 2.33 bits per heavy atom. The van der Waals surface area contributed by atoms with Gasteiger partial charge in [0.1, 0.15) is 5.54 Å². The SMILES string of the molecule is CCN(CC)C(=O)CSCCCC(C)(N)C(=O)O. The average Bonchev–Trinajstić information content (AvgIpc) is 2.29. The zero-order chi connectivity index (χ0) is 14.2. The lowest BCUT2D eigenvalue weighted by molar-refractivity contribution is -0.142. The average molecular weight is 276 g/mol. The minimum atomic E-state index is -1.16. The van der Waals surface area contributed by atoms with Crippen LogP contribution in [0.3, 0.4) is 0 Å². The predicted molar refractivity (Wildman–Crippen MR) is 74.7 cm³/mol. The number of hydrogen-bond acceptors (Lipinski definition) is 4. The van der Waals surface area contributed by atoms with Crippen molar-refractivity contribution in [1.29, 1.82) is 0 Å². The number of nitrogens with two attached hydrogens (primary N) is 1. The van der Waals surface area contributed by atoms with Crippen LogP contribution in [0.25, 0.3) is 0 Å². The molecule has 0 saturated carbocycles. The van der Waals surface area contributed by atoms with Crippen LogP contribution in [0.15, 0.2) is 0 Å². The van der Waals surface area contributed by atoms with Gasteiger partial charge in [0.05, 0.1) is 5.75 Å². The summed E-state index contributed by atoms with van der Waals surface area (Å²) in [5, 5.41) is 8.83. The van der Waals surface area contributed by atoms with Crippen LogP contribution in [0.2, 0.25) is 0 Å². The molecule has 0 aliphatic heterocycles. The number of carbonyl (C=O) groups is 2. The number of carbonyl (C=O) groups excluding carboxylic acids is 1. The van der Waals surface area contributed by atoms with Crippen molar-refractivity contribution in [2.24, 2.45) is 5.73 Å². The monoisotopic (exact) mass is 276 g/mol. The van der Waals surface area contributed by atoms with E-state index in [1.165, 1.54) is 18.7 Å². The van der Waals surface area contributed by atoms with Gasteiger partial charge < -0.3 is 15.7 Å². The third-order valence-electron chi connectivity index (χ3n) is 2.82. The molecule has 3 N–H and O–H groups in total. The third kappa shape index (κ3) is 6.26. The largest absolute Gasteiger partial charge is 0.480 e. The smallest absolute Gasteiger partial charge is 0.323 e. The number of aliphatic carboxylic acids is 1. The second kappa shape index (κ2) is 8.37. The molecule has 0 aromatic rings. The Morgan fingerprint density at radius 1 is 1.33 bits per heavy atom. The van der Waals surface area contributed by atoms with Crippen LogP contribution in [-0.2, 0) is 9.59 Å². The molecular weight excluding hydrogens is 252 g/mol. The van der Waals surface area contributed by atoms with Crippen molar-refractivity contribution in [3.8, 4) is 0 Å². The number of rotatable bonds is 9. The van der Waals surface area contributed by atoms with Gasteiger partial charge in [0.15, 0.2) is 0 Å². The maximum absolute atomic E-state index is 11.7. The molecule has 0 bridgehead atoms. The van der Waals surface area contributed by atoms with E-state index < -0.39 is 11.5 Å². The zero-order valence-corrected chi connectivity index (χ0v) is 12.3. The van der Waals surface area contributed by atoms with Gasteiger partial charge in [-0.25, -0.2) is 0 Å². The normalized spacial score (nSPS) is 14.0. The second-order valence-electron chi connectivity index (χ2n) is 4.44. The van der Waals surface area contributed by atoms with Crippen molar-refractivity contribution in [1.82, 2.24) is 4.90 Å². The van der Waals surface area contributed by atoms with Gasteiger partial charge in [-0.05, 0) is 39.4 Å². The van der Waals surface area contributed by atoms with Crippen molar-refractivity contribution in [3.05, 3.63) is 0 Å². The molecule has 0 radical (unpaired) electrons. The standard InChI is InChI=1S/C12H24N2O3S/c1-4-14(5-2)10(15)9-18-8-6-7-12(3,13)11(16)17/h4-9,13H2,1-3H3,(H,16,17). The van der Waals surface area contributed by atoms with Gasteiger partial charge in [-0.15, -0.1) is 0 Å². The molecule has 0 saturated heterocycles. The van der Waals surface area contributed by atoms with E-state index in [4.69, 9.17) is 10.8 Å². The van der Waals surface area contributed by atoms with E-state index in [2.05, 4.69) is 0 Å². The molecular formula is C12H24N2O3S. The summed E-state index contributed by atoms with van der Waals surface area (Å²) in [6.45, 7) is 6.89. The van der Waals surface area contributed by atoms with Crippen molar-refractivity contribution in [2.45, 2.75) is 39.2 Å². The topological polar surface area (TPSA) is 83.6 Å². The van der Waals surface area contributed by atoms with E-state index >= 15 is 0 Å². The van der Waals surface area contributed by atoms with Gasteiger partial charge in [-0.1, -0.05) is 0 Å². The number of hydrogen-bond donors (Lipinski definition) is 2. The summed E-state index contributed by atoms with van der Waals surface area (Å²) in [7, 11) is 0. The van der Waals surface area contributed by atoms with Crippen LogP contribution < -0.4 is 5.73 Å². The number of carboxylic acid groups (broad SMARTS) is 1. The molecule has 0 aromatic heterocycles. The van der Waals surface area contributed by atoms with Crippen molar-refractivity contribution >= 4 is 23.6 Å². The maximum Gasteiger partial charge on any atom is 0.323 e. The van der Waals surface area contributed by atoms with Gasteiger partial charge in [0, 0.05) is 13.1 Å². The Morgan fingerprint density at radius 2 is 1.89 bits per heavy atom.